The van der Waals surface area contributed by atoms with Gasteiger partial charge >= 0.3 is 0 Å². The first kappa shape index (κ1) is 24.9. The van der Waals surface area contributed by atoms with E-state index in [0.29, 0.717) is 36.2 Å². The van der Waals surface area contributed by atoms with Crippen LogP contribution < -0.4 is 10.1 Å². The number of rotatable bonds is 9. The number of nitrogens with zero attached hydrogens (tertiary/aromatic N) is 4. The minimum atomic E-state index is -0.923. The summed E-state index contributed by atoms with van der Waals surface area (Å²) in [6.45, 7) is 5.82. The monoisotopic (exact) mass is 481 g/mol. The zero-order valence-corrected chi connectivity index (χ0v) is 20.7. The van der Waals surface area contributed by atoms with E-state index in [2.05, 4.69) is 15.4 Å². The van der Waals surface area contributed by atoms with Gasteiger partial charge in [0.05, 0.1) is 24.9 Å². The molecule has 0 spiro atoms. The zero-order valence-electron chi connectivity index (χ0n) is 20.7. The van der Waals surface area contributed by atoms with Crippen molar-refractivity contribution in [2.75, 3.05) is 11.9 Å². The molecule has 2 N–H and O–H groups in total. The minimum absolute atomic E-state index is 0.227. The maximum absolute atomic E-state index is 13.4. The number of ether oxygens (including phenoxy) is 1. The summed E-state index contributed by atoms with van der Waals surface area (Å²) in [6, 6.07) is 4.73. The van der Waals surface area contributed by atoms with Gasteiger partial charge in [-0.05, 0) is 45.2 Å². The molecule has 3 heterocycles. The van der Waals surface area contributed by atoms with Crippen molar-refractivity contribution in [3.05, 3.63) is 48.1 Å². The van der Waals surface area contributed by atoms with E-state index in [1.54, 1.807) is 41.9 Å². The smallest absolute Gasteiger partial charge is 0.251 e. The summed E-state index contributed by atoms with van der Waals surface area (Å²) in [6.07, 6.45) is 11.1. The number of nitrogens with one attached hydrogen (secondary N) is 1. The number of carbonyl (C=O) groups is 2. The maximum Gasteiger partial charge on any atom is 0.251 e. The van der Waals surface area contributed by atoms with Crippen molar-refractivity contribution in [1.29, 1.82) is 0 Å². The van der Waals surface area contributed by atoms with Gasteiger partial charge in [0.2, 0.25) is 5.91 Å². The quantitative estimate of drug-likeness (QED) is 0.568. The van der Waals surface area contributed by atoms with Gasteiger partial charge < -0.3 is 20.1 Å². The normalized spacial score (nSPS) is 17.9. The van der Waals surface area contributed by atoms with Crippen molar-refractivity contribution in [2.24, 2.45) is 5.92 Å². The lowest BCUT2D eigenvalue weighted by atomic mass is 9.84. The van der Waals surface area contributed by atoms with Crippen molar-refractivity contribution in [2.45, 2.75) is 77.5 Å². The van der Waals surface area contributed by atoms with Crippen molar-refractivity contribution in [3.8, 4) is 5.75 Å². The van der Waals surface area contributed by atoms with Gasteiger partial charge in [0.15, 0.2) is 5.82 Å². The van der Waals surface area contributed by atoms with Crippen LogP contribution in [0.25, 0.3) is 0 Å². The van der Waals surface area contributed by atoms with Crippen LogP contribution in [-0.2, 0) is 16.1 Å². The van der Waals surface area contributed by atoms with E-state index in [-0.39, 0.29) is 18.4 Å². The average Bonchev–Trinajstić information content (AvgIpc) is 3.38. The second-order valence-electron chi connectivity index (χ2n) is 10.3. The molecular formula is C26H35N5O4. The molecule has 35 heavy (non-hydrogen) atoms. The van der Waals surface area contributed by atoms with Gasteiger partial charge in [0.25, 0.3) is 5.91 Å². The van der Waals surface area contributed by atoms with Gasteiger partial charge in [-0.15, -0.1) is 0 Å². The third-order valence-corrected chi connectivity index (χ3v) is 6.43. The fourth-order valence-corrected chi connectivity index (χ4v) is 4.74. The van der Waals surface area contributed by atoms with E-state index in [4.69, 9.17) is 4.74 Å². The van der Waals surface area contributed by atoms with Gasteiger partial charge in [0.1, 0.15) is 17.6 Å². The molecule has 0 saturated heterocycles. The number of amides is 2. The highest BCUT2D eigenvalue weighted by molar-refractivity contribution is 5.99. The van der Waals surface area contributed by atoms with Gasteiger partial charge in [-0.1, -0.05) is 32.1 Å². The van der Waals surface area contributed by atoms with E-state index in [1.807, 2.05) is 19.1 Å². The number of aliphatic hydroxyl groups is 1. The number of carbonyl (C=O) groups excluding carboxylic acids is 2. The number of hydrogen-bond donors (Lipinski definition) is 2. The SMILES string of the molecule is Cc1ccc(OC2=CC(=O)N([C@@H](CC3CCCCC3)C(=O)Nc3ccn(CC(C)(C)O)n3)C2)cn1. The molecular weight excluding hydrogens is 446 g/mol. The maximum atomic E-state index is 13.4. The third kappa shape index (κ3) is 6.91. The Labute approximate surface area is 206 Å². The van der Waals surface area contributed by atoms with Crippen LogP contribution in [0.5, 0.6) is 5.75 Å². The fraction of sp³-hybridized carbons (Fsp3) is 0.538. The fourth-order valence-electron chi connectivity index (χ4n) is 4.74. The Morgan fingerprint density at radius 2 is 2.03 bits per heavy atom. The molecule has 9 heteroatoms. The lowest BCUT2D eigenvalue weighted by Crippen LogP contribution is -2.46. The summed E-state index contributed by atoms with van der Waals surface area (Å²) in [5.41, 5.74) is -0.0435. The van der Waals surface area contributed by atoms with E-state index < -0.39 is 11.6 Å². The second-order valence-corrected chi connectivity index (χ2v) is 10.3. The van der Waals surface area contributed by atoms with Gasteiger partial charge in [-0.2, -0.15) is 5.10 Å². The highest BCUT2D eigenvalue weighted by Gasteiger charge is 2.36. The van der Waals surface area contributed by atoms with Gasteiger partial charge in [-0.3, -0.25) is 19.3 Å². The Morgan fingerprint density at radius 3 is 2.71 bits per heavy atom. The molecule has 2 aliphatic rings. The van der Waals surface area contributed by atoms with Crippen molar-refractivity contribution >= 4 is 17.6 Å². The van der Waals surface area contributed by atoms with Crippen LogP contribution in [0.4, 0.5) is 5.82 Å². The number of hydrogen-bond acceptors (Lipinski definition) is 6. The Kier molecular flexibility index (Phi) is 7.54. The van der Waals surface area contributed by atoms with Crippen molar-refractivity contribution in [1.82, 2.24) is 19.7 Å². The van der Waals surface area contributed by atoms with Crippen LogP contribution in [0.3, 0.4) is 0 Å². The Bertz CT molecular complexity index is 1060. The van der Waals surface area contributed by atoms with E-state index >= 15 is 0 Å². The summed E-state index contributed by atoms with van der Waals surface area (Å²) in [4.78, 5) is 32.2. The lowest BCUT2D eigenvalue weighted by molar-refractivity contribution is -0.134. The molecule has 188 valence electrons. The molecule has 1 atom stereocenters. The van der Waals surface area contributed by atoms with Crippen LogP contribution >= 0.6 is 0 Å². The van der Waals surface area contributed by atoms with Crippen LogP contribution in [0.1, 0.15) is 58.1 Å². The molecule has 0 bridgehead atoms. The molecule has 2 amide bonds. The van der Waals surface area contributed by atoms with Crippen LogP contribution in [0.2, 0.25) is 0 Å². The minimum Gasteiger partial charge on any atom is -0.458 e. The van der Waals surface area contributed by atoms with Crippen LogP contribution in [0, 0.1) is 12.8 Å². The first-order chi connectivity index (χ1) is 16.7. The lowest BCUT2D eigenvalue weighted by Gasteiger charge is -2.31. The molecule has 2 aromatic heterocycles. The summed E-state index contributed by atoms with van der Waals surface area (Å²) in [5, 5.41) is 17.3. The zero-order chi connectivity index (χ0) is 25.0. The molecule has 0 aromatic carbocycles. The number of anilines is 1. The predicted octanol–water partition coefficient (Wildman–Crippen LogP) is 3.44. The standard InChI is InChI=1S/C26H35N5O4/c1-18-9-10-20(15-27-18)35-21-14-24(32)31(16-21)22(13-19-7-5-4-6-8-19)25(33)28-23-11-12-30(29-23)17-26(2,3)34/h9-12,14-15,19,22,34H,4-8,13,16-17H2,1-3H3,(H,28,29,33)/t22-/m0/s1. The highest BCUT2D eigenvalue weighted by Crippen LogP contribution is 2.30. The Morgan fingerprint density at radius 1 is 1.26 bits per heavy atom. The number of pyridine rings is 1. The molecule has 2 aromatic rings. The molecule has 4 rings (SSSR count). The largest absolute Gasteiger partial charge is 0.458 e. The van der Waals surface area contributed by atoms with E-state index in [1.165, 1.54) is 12.5 Å². The molecule has 0 radical (unpaired) electrons. The van der Waals surface area contributed by atoms with Crippen LogP contribution in [0.15, 0.2) is 42.4 Å². The Balaban J connectivity index is 1.46. The summed E-state index contributed by atoms with van der Waals surface area (Å²) in [5.74, 6) is 1.35. The third-order valence-electron chi connectivity index (χ3n) is 6.43. The molecule has 1 aliphatic carbocycles. The first-order valence-electron chi connectivity index (χ1n) is 12.3. The van der Waals surface area contributed by atoms with Crippen molar-refractivity contribution < 1.29 is 19.4 Å². The summed E-state index contributed by atoms with van der Waals surface area (Å²) >= 11 is 0. The number of aromatic nitrogens is 3. The topological polar surface area (TPSA) is 110 Å². The first-order valence-corrected chi connectivity index (χ1v) is 12.3. The molecule has 9 nitrogen and oxygen atoms in total. The highest BCUT2D eigenvalue weighted by atomic mass is 16.5. The predicted molar refractivity (Wildman–Crippen MR) is 132 cm³/mol. The van der Waals surface area contributed by atoms with Crippen LogP contribution in [-0.4, -0.2) is 54.8 Å². The van der Waals surface area contributed by atoms with Crippen molar-refractivity contribution in [3.63, 3.8) is 0 Å². The Hall–Kier alpha value is -3.20. The molecule has 1 saturated carbocycles. The summed E-state index contributed by atoms with van der Waals surface area (Å²) in [7, 11) is 0. The van der Waals surface area contributed by atoms with Gasteiger partial charge in [-0.25, -0.2) is 0 Å². The molecule has 0 unspecified atom stereocenters. The molecule has 1 aliphatic heterocycles. The van der Waals surface area contributed by atoms with Gasteiger partial charge in [0, 0.05) is 24.0 Å². The summed E-state index contributed by atoms with van der Waals surface area (Å²) < 4.78 is 7.48. The van der Waals surface area contributed by atoms with E-state index in [0.717, 1.165) is 31.4 Å². The second kappa shape index (κ2) is 10.6. The average molecular weight is 482 g/mol. The molecule has 1 fully saturated rings. The van der Waals surface area contributed by atoms with E-state index in [9.17, 15) is 14.7 Å². The number of aryl methyl sites for hydroxylation is 1.